The summed E-state index contributed by atoms with van der Waals surface area (Å²) in [4.78, 5) is 0. The molecule has 0 atom stereocenters. The molecule has 7 heteroatoms. The molecule has 0 aromatic heterocycles. The molecule has 0 fully saturated rings. The van der Waals surface area contributed by atoms with E-state index < -0.39 is 12.7 Å². The zero-order chi connectivity index (χ0) is 12.9. The van der Waals surface area contributed by atoms with E-state index in [9.17, 15) is 13.2 Å². The number of hydrogen-bond donors (Lipinski definition) is 1. The molecule has 17 heavy (non-hydrogen) atoms. The molecule has 0 bridgehead atoms. The van der Waals surface area contributed by atoms with Crippen molar-refractivity contribution in [3.8, 4) is 5.75 Å². The van der Waals surface area contributed by atoms with Gasteiger partial charge in [0, 0.05) is 16.6 Å². The maximum absolute atomic E-state index is 11.8. The molecular weight excluding hydrogens is 278 g/mol. The maximum Gasteiger partial charge on any atom is 0.401 e. The Hall–Kier alpha value is -0.650. The van der Waals surface area contributed by atoms with E-state index in [0.717, 1.165) is 0 Å². The fourth-order valence-corrected chi connectivity index (χ4v) is 1.59. The molecule has 96 valence electrons. The first-order valence-electron chi connectivity index (χ1n) is 4.73. The lowest BCUT2D eigenvalue weighted by atomic mass is 10.3. The second-order valence-corrected chi connectivity index (χ2v) is 4.12. The lowest BCUT2D eigenvalue weighted by Gasteiger charge is -2.09. The summed E-state index contributed by atoms with van der Waals surface area (Å²) in [5.41, 5.74) is 0. The molecule has 0 unspecified atom stereocenters. The number of alkyl halides is 3. The molecule has 1 aromatic carbocycles. The molecule has 2 nitrogen and oxygen atoms in total. The maximum atomic E-state index is 11.8. The van der Waals surface area contributed by atoms with E-state index >= 15 is 0 Å². The first-order valence-corrected chi connectivity index (χ1v) is 5.49. The van der Waals surface area contributed by atoms with Crippen molar-refractivity contribution >= 4 is 23.2 Å². The van der Waals surface area contributed by atoms with Crippen LogP contribution in [-0.4, -0.2) is 25.9 Å². The molecule has 1 N–H and O–H groups in total. The van der Waals surface area contributed by atoms with Gasteiger partial charge in [0.15, 0.2) is 0 Å². The van der Waals surface area contributed by atoms with Crippen molar-refractivity contribution in [2.45, 2.75) is 6.18 Å². The highest BCUT2D eigenvalue weighted by Gasteiger charge is 2.25. The van der Waals surface area contributed by atoms with Gasteiger partial charge in [0.2, 0.25) is 0 Å². The minimum absolute atomic E-state index is 0.0869. The number of nitrogens with one attached hydrogen (secondary N) is 1. The van der Waals surface area contributed by atoms with Crippen LogP contribution in [0.5, 0.6) is 5.75 Å². The number of benzene rings is 1. The van der Waals surface area contributed by atoms with Crippen molar-refractivity contribution in [3.63, 3.8) is 0 Å². The predicted molar refractivity (Wildman–Crippen MR) is 60.9 cm³/mol. The Morgan fingerprint density at radius 2 is 1.71 bits per heavy atom. The van der Waals surface area contributed by atoms with E-state index in [1.807, 2.05) is 0 Å². The molecule has 0 saturated carbocycles. The van der Waals surface area contributed by atoms with Crippen LogP contribution in [0, 0.1) is 0 Å². The predicted octanol–water partition coefficient (Wildman–Crippen LogP) is 3.52. The summed E-state index contributed by atoms with van der Waals surface area (Å²) < 4.78 is 40.5. The van der Waals surface area contributed by atoms with E-state index in [-0.39, 0.29) is 13.2 Å². The minimum atomic E-state index is -4.21. The number of rotatable bonds is 5. The van der Waals surface area contributed by atoms with Crippen LogP contribution in [-0.2, 0) is 0 Å². The van der Waals surface area contributed by atoms with Gasteiger partial charge in [-0.15, -0.1) is 0 Å². The molecule has 0 radical (unpaired) electrons. The Labute approximate surface area is 107 Å². The van der Waals surface area contributed by atoms with Gasteiger partial charge in [0.25, 0.3) is 0 Å². The second-order valence-electron chi connectivity index (χ2n) is 3.25. The lowest BCUT2D eigenvalue weighted by Crippen LogP contribution is -2.31. The van der Waals surface area contributed by atoms with Crippen LogP contribution in [0.4, 0.5) is 13.2 Å². The Kier molecular flexibility index (Phi) is 5.36. The number of hydrogen-bond acceptors (Lipinski definition) is 2. The minimum Gasteiger partial charge on any atom is -0.492 e. The molecule has 0 aliphatic carbocycles. The third-order valence-corrected chi connectivity index (χ3v) is 2.15. The van der Waals surface area contributed by atoms with Crippen molar-refractivity contribution in [2.24, 2.45) is 0 Å². The third-order valence-electron chi connectivity index (χ3n) is 1.71. The van der Waals surface area contributed by atoms with Crippen LogP contribution in [0.3, 0.4) is 0 Å². The molecule has 0 spiro atoms. The summed E-state index contributed by atoms with van der Waals surface area (Å²) in [6, 6.07) is 4.62. The summed E-state index contributed by atoms with van der Waals surface area (Å²) in [6.07, 6.45) is -4.21. The first-order chi connectivity index (χ1) is 7.87. The highest BCUT2D eigenvalue weighted by atomic mass is 35.5. The van der Waals surface area contributed by atoms with E-state index in [4.69, 9.17) is 27.9 Å². The third kappa shape index (κ3) is 6.61. The summed E-state index contributed by atoms with van der Waals surface area (Å²) in [5, 5.41) is 3.03. The van der Waals surface area contributed by atoms with Crippen molar-refractivity contribution < 1.29 is 17.9 Å². The van der Waals surface area contributed by atoms with Gasteiger partial charge in [-0.05, 0) is 18.2 Å². The topological polar surface area (TPSA) is 21.3 Å². The van der Waals surface area contributed by atoms with Gasteiger partial charge >= 0.3 is 6.18 Å². The zero-order valence-corrected chi connectivity index (χ0v) is 10.2. The van der Waals surface area contributed by atoms with E-state index in [0.29, 0.717) is 15.8 Å². The van der Waals surface area contributed by atoms with Crippen LogP contribution in [0.2, 0.25) is 10.0 Å². The first kappa shape index (κ1) is 14.4. The normalized spacial score (nSPS) is 11.6. The van der Waals surface area contributed by atoms with Crippen molar-refractivity contribution in [2.75, 3.05) is 19.7 Å². The molecule has 0 saturated heterocycles. The van der Waals surface area contributed by atoms with Gasteiger partial charge in [0.1, 0.15) is 12.4 Å². The highest BCUT2D eigenvalue weighted by molar-refractivity contribution is 6.34. The van der Waals surface area contributed by atoms with Crippen molar-refractivity contribution in [3.05, 3.63) is 28.2 Å². The molecule has 1 rings (SSSR count). The number of halogens is 5. The molecule has 0 aliphatic heterocycles. The summed E-state index contributed by atoms with van der Waals surface area (Å²) in [5.74, 6) is 0.427. The van der Waals surface area contributed by atoms with Crippen molar-refractivity contribution in [1.29, 1.82) is 0 Å². The van der Waals surface area contributed by atoms with Gasteiger partial charge in [-0.1, -0.05) is 23.2 Å². The van der Waals surface area contributed by atoms with Crippen LogP contribution < -0.4 is 10.1 Å². The monoisotopic (exact) mass is 287 g/mol. The lowest BCUT2D eigenvalue weighted by molar-refractivity contribution is -0.124. The molecular formula is C10H10Cl2F3NO. The molecule has 1 aromatic rings. The zero-order valence-electron chi connectivity index (χ0n) is 8.65. The smallest absolute Gasteiger partial charge is 0.401 e. The average molecular weight is 288 g/mol. The van der Waals surface area contributed by atoms with Crippen LogP contribution >= 0.6 is 23.2 Å². The Morgan fingerprint density at radius 1 is 1.12 bits per heavy atom. The van der Waals surface area contributed by atoms with Crippen LogP contribution in [0.15, 0.2) is 18.2 Å². The largest absolute Gasteiger partial charge is 0.492 e. The molecule has 0 aliphatic rings. The second kappa shape index (κ2) is 6.33. The van der Waals surface area contributed by atoms with Gasteiger partial charge in [-0.3, -0.25) is 0 Å². The summed E-state index contributed by atoms with van der Waals surface area (Å²) >= 11 is 11.4. The number of ether oxygens (including phenoxy) is 1. The summed E-state index contributed by atoms with van der Waals surface area (Å²) in [7, 11) is 0. The van der Waals surface area contributed by atoms with Crippen LogP contribution in [0.1, 0.15) is 0 Å². The average Bonchev–Trinajstić information content (AvgIpc) is 2.13. The summed E-state index contributed by atoms with van der Waals surface area (Å²) in [6.45, 7) is -0.844. The van der Waals surface area contributed by atoms with Gasteiger partial charge in [0.05, 0.1) is 6.54 Å². The molecule has 0 heterocycles. The standard InChI is InChI=1S/C10H10Cl2F3NO/c11-7-3-8(12)5-9(4-7)17-2-1-16-6-10(13,14)15/h3-5,16H,1-2,6H2. The van der Waals surface area contributed by atoms with Gasteiger partial charge in [-0.2, -0.15) is 13.2 Å². The fraction of sp³-hybridized carbons (Fsp3) is 0.400. The Morgan fingerprint density at radius 3 is 2.24 bits per heavy atom. The fourth-order valence-electron chi connectivity index (χ4n) is 1.08. The Balaban J connectivity index is 2.27. The quantitative estimate of drug-likeness (QED) is 0.837. The highest BCUT2D eigenvalue weighted by Crippen LogP contribution is 2.23. The van der Waals surface area contributed by atoms with E-state index in [1.165, 1.54) is 18.2 Å². The van der Waals surface area contributed by atoms with E-state index in [1.54, 1.807) is 0 Å². The van der Waals surface area contributed by atoms with Gasteiger partial charge in [-0.25, -0.2) is 0 Å². The van der Waals surface area contributed by atoms with E-state index in [2.05, 4.69) is 5.32 Å². The van der Waals surface area contributed by atoms with Crippen molar-refractivity contribution in [1.82, 2.24) is 5.32 Å². The van der Waals surface area contributed by atoms with Crippen LogP contribution in [0.25, 0.3) is 0 Å². The van der Waals surface area contributed by atoms with Gasteiger partial charge < -0.3 is 10.1 Å². The molecule has 0 amide bonds. The Bertz CT molecular complexity index is 351. The SMILES string of the molecule is FC(F)(F)CNCCOc1cc(Cl)cc(Cl)c1.